The van der Waals surface area contributed by atoms with Crippen LogP contribution in [-0.2, 0) is 12.7 Å². The summed E-state index contributed by atoms with van der Waals surface area (Å²) in [5, 5.41) is 3.07. The maximum Gasteiger partial charge on any atom is 0.416 e. The predicted molar refractivity (Wildman–Crippen MR) is 101 cm³/mol. The quantitative estimate of drug-likeness (QED) is 0.755. The summed E-state index contributed by atoms with van der Waals surface area (Å²) in [6.45, 7) is 2.84. The van der Waals surface area contributed by atoms with Crippen LogP contribution in [0.2, 0.25) is 0 Å². The third-order valence-corrected chi connectivity index (χ3v) is 5.10. The third-order valence-electron chi connectivity index (χ3n) is 5.10. The van der Waals surface area contributed by atoms with Gasteiger partial charge in [-0.1, -0.05) is 12.1 Å². The normalized spacial score (nSPS) is 16.7. The van der Waals surface area contributed by atoms with E-state index in [0.29, 0.717) is 6.54 Å². The number of aromatic nitrogens is 1. The number of rotatable bonds is 5. The van der Waals surface area contributed by atoms with E-state index in [-0.39, 0.29) is 38.0 Å². The van der Waals surface area contributed by atoms with Gasteiger partial charge in [0.2, 0.25) is 0 Å². The van der Waals surface area contributed by atoms with E-state index in [1.54, 1.807) is 6.20 Å². The standard InChI is InChI=1S/C21H23F4N3O/c1-15-5-6-18(27-12-15)13-26-14-20(22)7-9-28(10-8-20)19(29)16-3-2-4-17(11-16)21(23,24)25/h2-6,11-12,26H,7-10,13-14H2,1H3. The van der Waals surface area contributed by atoms with Crippen molar-refractivity contribution in [2.24, 2.45) is 0 Å². The van der Waals surface area contributed by atoms with E-state index in [4.69, 9.17) is 0 Å². The number of carbonyl (C=O) groups excluding carboxylic acids is 1. The number of pyridine rings is 1. The van der Waals surface area contributed by atoms with Gasteiger partial charge in [0, 0.05) is 50.8 Å². The Morgan fingerprint density at radius 3 is 2.55 bits per heavy atom. The number of hydrogen-bond donors (Lipinski definition) is 1. The van der Waals surface area contributed by atoms with E-state index in [2.05, 4.69) is 10.3 Å². The van der Waals surface area contributed by atoms with E-state index in [1.807, 2.05) is 19.1 Å². The van der Waals surface area contributed by atoms with E-state index < -0.39 is 23.3 Å². The van der Waals surface area contributed by atoms with Crippen molar-refractivity contribution in [3.8, 4) is 0 Å². The fourth-order valence-corrected chi connectivity index (χ4v) is 3.32. The molecule has 1 N–H and O–H groups in total. The van der Waals surface area contributed by atoms with E-state index in [9.17, 15) is 18.0 Å². The van der Waals surface area contributed by atoms with E-state index in [1.165, 1.54) is 17.0 Å². The Balaban J connectivity index is 1.52. The lowest BCUT2D eigenvalue weighted by molar-refractivity contribution is -0.137. The van der Waals surface area contributed by atoms with Crippen LogP contribution in [0.3, 0.4) is 0 Å². The highest BCUT2D eigenvalue weighted by Gasteiger charge is 2.36. The fraction of sp³-hybridized carbons (Fsp3) is 0.429. The zero-order valence-electron chi connectivity index (χ0n) is 16.1. The van der Waals surface area contributed by atoms with Crippen LogP contribution in [0.15, 0.2) is 42.6 Å². The molecular weight excluding hydrogens is 386 g/mol. The molecule has 3 rings (SSSR count). The number of halogens is 4. The number of nitrogens with one attached hydrogen (secondary N) is 1. The lowest BCUT2D eigenvalue weighted by atomic mass is 9.92. The molecule has 8 heteroatoms. The summed E-state index contributed by atoms with van der Waals surface area (Å²) >= 11 is 0. The average Bonchev–Trinajstić information content (AvgIpc) is 2.69. The molecule has 0 radical (unpaired) electrons. The van der Waals surface area contributed by atoms with Crippen LogP contribution in [0.5, 0.6) is 0 Å². The first-order valence-electron chi connectivity index (χ1n) is 9.44. The van der Waals surface area contributed by atoms with Gasteiger partial charge < -0.3 is 10.2 Å². The molecule has 1 amide bonds. The molecule has 1 saturated heterocycles. The Morgan fingerprint density at radius 2 is 1.93 bits per heavy atom. The molecule has 29 heavy (non-hydrogen) atoms. The molecule has 1 aliphatic rings. The first-order valence-corrected chi connectivity index (χ1v) is 9.44. The summed E-state index contributed by atoms with van der Waals surface area (Å²) in [6, 6.07) is 8.15. The first kappa shape index (κ1) is 21.2. The molecule has 1 aromatic carbocycles. The molecule has 0 saturated carbocycles. The number of nitrogens with zero attached hydrogens (tertiary/aromatic N) is 2. The highest BCUT2D eigenvalue weighted by atomic mass is 19.4. The summed E-state index contributed by atoms with van der Waals surface area (Å²) in [5.74, 6) is -0.505. The van der Waals surface area contributed by atoms with Gasteiger partial charge in [-0.3, -0.25) is 9.78 Å². The van der Waals surface area contributed by atoms with Crippen LogP contribution in [0.1, 0.15) is 40.0 Å². The predicted octanol–water partition coefficient (Wildman–Crippen LogP) is 4.14. The second kappa shape index (κ2) is 8.49. The van der Waals surface area contributed by atoms with Gasteiger partial charge >= 0.3 is 6.18 Å². The topological polar surface area (TPSA) is 45.2 Å². The largest absolute Gasteiger partial charge is 0.416 e. The molecule has 2 heterocycles. The number of likely N-dealkylation sites (tertiary alicyclic amines) is 1. The van der Waals surface area contributed by atoms with Crippen molar-refractivity contribution in [3.05, 3.63) is 65.0 Å². The van der Waals surface area contributed by atoms with Crippen molar-refractivity contribution < 1.29 is 22.4 Å². The van der Waals surface area contributed by atoms with Crippen LogP contribution in [0.4, 0.5) is 17.6 Å². The molecule has 4 nitrogen and oxygen atoms in total. The van der Waals surface area contributed by atoms with Crippen molar-refractivity contribution in [3.63, 3.8) is 0 Å². The summed E-state index contributed by atoms with van der Waals surface area (Å²) < 4.78 is 53.6. The number of alkyl halides is 4. The summed E-state index contributed by atoms with van der Waals surface area (Å²) in [5.41, 5.74) is -0.497. The van der Waals surface area contributed by atoms with Crippen LogP contribution >= 0.6 is 0 Å². The smallest absolute Gasteiger partial charge is 0.338 e. The maximum absolute atomic E-state index is 15.0. The number of amides is 1. The Kier molecular flexibility index (Phi) is 6.21. The van der Waals surface area contributed by atoms with Gasteiger partial charge in [0.1, 0.15) is 5.67 Å². The molecular formula is C21H23F4N3O. The van der Waals surface area contributed by atoms with E-state index in [0.717, 1.165) is 23.4 Å². The molecule has 0 aliphatic carbocycles. The minimum Gasteiger partial charge on any atom is -0.338 e. The Bertz CT molecular complexity index is 844. The van der Waals surface area contributed by atoms with Crippen molar-refractivity contribution in [1.82, 2.24) is 15.2 Å². The molecule has 156 valence electrons. The SMILES string of the molecule is Cc1ccc(CNCC2(F)CCN(C(=O)c3cccc(C(F)(F)F)c3)CC2)nc1. The zero-order chi connectivity index (χ0) is 21.1. The molecule has 2 aromatic rings. The van der Waals surface area contributed by atoms with Gasteiger partial charge in [0.15, 0.2) is 0 Å². The van der Waals surface area contributed by atoms with Gasteiger partial charge in [0.05, 0.1) is 11.3 Å². The maximum atomic E-state index is 15.0. The van der Waals surface area contributed by atoms with Crippen molar-refractivity contribution in [2.75, 3.05) is 19.6 Å². The summed E-state index contributed by atoms with van der Waals surface area (Å²) in [7, 11) is 0. The van der Waals surface area contributed by atoms with Crippen LogP contribution in [0, 0.1) is 6.92 Å². The molecule has 1 fully saturated rings. The number of benzene rings is 1. The number of piperidine rings is 1. The van der Waals surface area contributed by atoms with Crippen molar-refractivity contribution in [1.29, 1.82) is 0 Å². The van der Waals surface area contributed by atoms with Gasteiger partial charge in [-0.2, -0.15) is 13.2 Å². The zero-order valence-corrected chi connectivity index (χ0v) is 16.1. The molecule has 0 atom stereocenters. The lowest BCUT2D eigenvalue weighted by Crippen LogP contribution is -2.48. The summed E-state index contributed by atoms with van der Waals surface area (Å²) in [6.07, 6.45) is -2.50. The monoisotopic (exact) mass is 409 g/mol. The second-order valence-corrected chi connectivity index (χ2v) is 7.45. The molecule has 0 unspecified atom stereocenters. The van der Waals surface area contributed by atoms with Gasteiger partial charge in [-0.25, -0.2) is 4.39 Å². The molecule has 0 spiro atoms. The van der Waals surface area contributed by atoms with Crippen LogP contribution < -0.4 is 5.32 Å². The Labute approximate surface area is 166 Å². The van der Waals surface area contributed by atoms with Gasteiger partial charge in [-0.15, -0.1) is 0 Å². The highest BCUT2D eigenvalue weighted by molar-refractivity contribution is 5.94. The lowest BCUT2D eigenvalue weighted by Gasteiger charge is -2.36. The fourth-order valence-electron chi connectivity index (χ4n) is 3.32. The summed E-state index contributed by atoms with van der Waals surface area (Å²) in [4.78, 5) is 18.2. The Hall–Kier alpha value is -2.48. The van der Waals surface area contributed by atoms with Crippen molar-refractivity contribution >= 4 is 5.91 Å². The van der Waals surface area contributed by atoms with Crippen LogP contribution in [0.25, 0.3) is 0 Å². The first-order chi connectivity index (χ1) is 13.7. The molecule has 1 aliphatic heterocycles. The van der Waals surface area contributed by atoms with Crippen molar-refractivity contribution in [2.45, 2.75) is 38.2 Å². The third kappa shape index (κ3) is 5.53. The molecule has 0 bridgehead atoms. The molecule has 1 aromatic heterocycles. The average molecular weight is 409 g/mol. The minimum atomic E-state index is -4.51. The van der Waals surface area contributed by atoms with Crippen LogP contribution in [-0.4, -0.2) is 41.1 Å². The number of carbonyl (C=O) groups is 1. The number of hydrogen-bond acceptors (Lipinski definition) is 3. The van der Waals surface area contributed by atoms with Gasteiger partial charge in [-0.05, 0) is 36.8 Å². The minimum absolute atomic E-state index is 0.0326. The van der Waals surface area contributed by atoms with Gasteiger partial charge in [0.25, 0.3) is 5.91 Å². The number of aryl methyl sites for hydroxylation is 1. The van der Waals surface area contributed by atoms with E-state index >= 15 is 4.39 Å². The Morgan fingerprint density at radius 1 is 1.21 bits per heavy atom. The highest BCUT2D eigenvalue weighted by Crippen LogP contribution is 2.31. The second-order valence-electron chi connectivity index (χ2n) is 7.45.